The number of amides is 3. The molecule has 0 aliphatic rings. The molecule has 0 bridgehead atoms. The van der Waals surface area contributed by atoms with E-state index in [4.69, 9.17) is 9.47 Å². The van der Waals surface area contributed by atoms with E-state index in [0.29, 0.717) is 22.6 Å². The average molecular weight is 472 g/mol. The van der Waals surface area contributed by atoms with Crippen molar-refractivity contribution >= 4 is 23.6 Å². The van der Waals surface area contributed by atoms with Gasteiger partial charge in [-0.25, -0.2) is 4.79 Å². The standard InChI is InChI=1S/C25H33N3O6/c1-15-14-17(8-13-20(15)29)21(22(30)27-18-9-11-19(33-7)12-10-18)28(6)23(31)16(2)26-24(32)34-25(3,4)5/h8-14,16,21,29H,1-7H3,(H,26,32)(H,27,30). The summed E-state index contributed by atoms with van der Waals surface area (Å²) in [6.45, 7) is 8.38. The molecular formula is C25H33N3O6. The van der Waals surface area contributed by atoms with Crippen LogP contribution in [-0.4, -0.2) is 53.7 Å². The zero-order valence-electron chi connectivity index (χ0n) is 20.6. The topological polar surface area (TPSA) is 117 Å². The molecule has 0 aliphatic carbocycles. The molecule has 9 heteroatoms. The summed E-state index contributed by atoms with van der Waals surface area (Å²) in [5.74, 6) is -0.243. The minimum absolute atomic E-state index is 0.0759. The van der Waals surface area contributed by atoms with E-state index in [-0.39, 0.29) is 5.75 Å². The molecule has 0 fully saturated rings. The molecule has 0 spiro atoms. The molecule has 9 nitrogen and oxygen atoms in total. The lowest BCUT2D eigenvalue weighted by Crippen LogP contribution is -2.49. The maximum Gasteiger partial charge on any atom is 0.408 e. The van der Waals surface area contributed by atoms with E-state index < -0.39 is 35.6 Å². The predicted molar refractivity (Wildman–Crippen MR) is 129 cm³/mol. The third-order valence-electron chi connectivity index (χ3n) is 4.98. The number of phenols is 1. The number of carbonyl (C=O) groups excluding carboxylic acids is 3. The van der Waals surface area contributed by atoms with E-state index in [2.05, 4.69) is 10.6 Å². The van der Waals surface area contributed by atoms with Gasteiger partial charge >= 0.3 is 6.09 Å². The molecule has 0 saturated heterocycles. The Kier molecular flexibility index (Phi) is 8.51. The van der Waals surface area contributed by atoms with Gasteiger partial charge in [0.05, 0.1) is 7.11 Å². The highest BCUT2D eigenvalue weighted by atomic mass is 16.6. The van der Waals surface area contributed by atoms with Gasteiger partial charge in [0.1, 0.15) is 29.2 Å². The second kappa shape index (κ2) is 10.9. The fraction of sp³-hybridized carbons (Fsp3) is 0.400. The number of alkyl carbamates (subject to hydrolysis) is 1. The highest BCUT2D eigenvalue weighted by Crippen LogP contribution is 2.27. The molecule has 2 unspecified atom stereocenters. The number of hydrogen-bond acceptors (Lipinski definition) is 6. The van der Waals surface area contributed by atoms with Crippen LogP contribution in [0.1, 0.15) is 44.9 Å². The molecule has 2 atom stereocenters. The molecule has 0 heterocycles. The molecule has 2 rings (SSSR count). The SMILES string of the molecule is COc1ccc(NC(=O)C(c2ccc(O)c(C)c2)N(C)C(=O)C(C)NC(=O)OC(C)(C)C)cc1. The van der Waals surface area contributed by atoms with Crippen molar-refractivity contribution in [3.8, 4) is 11.5 Å². The van der Waals surface area contributed by atoms with Crippen LogP contribution in [0, 0.1) is 6.92 Å². The molecule has 0 aromatic heterocycles. The number of phenolic OH excluding ortho intramolecular Hbond substituents is 1. The number of aromatic hydroxyl groups is 1. The number of ether oxygens (including phenoxy) is 2. The molecule has 2 aromatic carbocycles. The van der Waals surface area contributed by atoms with Crippen molar-refractivity contribution in [3.05, 3.63) is 53.6 Å². The number of anilines is 1. The molecule has 3 amide bonds. The summed E-state index contributed by atoms with van der Waals surface area (Å²) in [7, 11) is 3.03. The van der Waals surface area contributed by atoms with E-state index in [1.54, 1.807) is 71.2 Å². The lowest BCUT2D eigenvalue weighted by Gasteiger charge is -2.30. The number of methoxy groups -OCH3 is 1. The second-order valence-electron chi connectivity index (χ2n) is 8.98. The summed E-state index contributed by atoms with van der Waals surface area (Å²) >= 11 is 0. The van der Waals surface area contributed by atoms with Gasteiger partial charge in [-0.3, -0.25) is 9.59 Å². The number of nitrogens with one attached hydrogen (secondary N) is 2. The quantitative estimate of drug-likeness (QED) is 0.566. The first-order valence-electron chi connectivity index (χ1n) is 10.8. The van der Waals surface area contributed by atoms with Crippen LogP contribution in [0.25, 0.3) is 0 Å². The Balaban J connectivity index is 2.30. The number of likely N-dealkylation sites (N-methyl/N-ethyl adjacent to an activating group) is 1. The maximum atomic E-state index is 13.3. The Morgan fingerprint density at radius 2 is 1.68 bits per heavy atom. The van der Waals surface area contributed by atoms with Gasteiger partial charge in [0.25, 0.3) is 5.91 Å². The summed E-state index contributed by atoms with van der Waals surface area (Å²) in [6.07, 6.45) is -0.735. The van der Waals surface area contributed by atoms with Crippen LogP contribution in [0.5, 0.6) is 11.5 Å². The first-order valence-corrected chi connectivity index (χ1v) is 10.8. The summed E-state index contributed by atoms with van der Waals surface area (Å²) in [5.41, 5.74) is 0.859. The van der Waals surface area contributed by atoms with Crippen molar-refractivity contribution < 1.29 is 29.0 Å². The van der Waals surface area contributed by atoms with Crippen molar-refractivity contribution in [2.45, 2.75) is 52.3 Å². The van der Waals surface area contributed by atoms with Gasteiger partial charge < -0.3 is 30.1 Å². The number of rotatable bonds is 7. The van der Waals surface area contributed by atoms with Crippen LogP contribution < -0.4 is 15.4 Å². The Bertz CT molecular complexity index is 1030. The Labute approximate surface area is 200 Å². The lowest BCUT2D eigenvalue weighted by atomic mass is 10.0. The fourth-order valence-electron chi connectivity index (χ4n) is 3.26. The molecule has 34 heavy (non-hydrogen) atoms. The fourth-order valence-corrected chi connectivity index (χ4v) is 3.26. The first kappa shape index (κ1) is 26.5. The Morgan fingerprint density at radius 1 is 1.06 bits per heavy atom. The van der Waals surface area contributed by atoms with E-state index in [1.165, 1.54) is 24.9 Å². The molecule has 2 aromatic rings. The normalized spacial score (nSPS) is 12.8. The number of aryl methyl sites for hydroxylation is 1. The number of carbonyl (C=O) groups is 3. The summed E-state index contributed by atoms with van der Waals surface area (Å²) in [4.78, 5) is 39.9. The van der Waals surface area contributed by atoms with E-state index >= 15 is 0 Å². The van der Waals surface area contributed by atoms with E-state index in [0.717, 1.165) is 0 Å². The van der Waals surface area contributed by atoms with Gasteiger partial charge in [-0.05, 0) is 82.1 Å². The minimum Gasteiger partial charge on any atom is -0.508 e. The number of nitrogens with zero attached hydrogens (tertiary/aromatic N) is 1. The Morgan fingerprint density at radius 3 is 2.21 bits per heavy atom. The van der Waals surface area contributed by atoms with Crippen LogP contribution in [0.3, 0.4) is 0 Å². The van der Waals surface area contributed by atoms with Crippen LogP contribution in [-0.2, 0) is 14.3 Å². The maximum absolute atomic E-state index is 13.3. The van der Waals surface area contributed by atoms with Crippen molar-refractivity contribution in [1.82, 2.24) is 10.2 Å². The van der Waals surface area contributed by atoms with Crippen molar-refractivity contribution in [2.24, 2.45) is 0 Å². The second-order valence-corrected chi connectivity index (χ2v) is 8.98. The van der Waals surface area contributed by atoms with E-state index in [9.17, 15) is 19.5 Å². The van der Waals surface area contributed by atoms with Crippen LogP contribution in [0.2, 0.25) is 0 Å². The van der Waals surface area contributed by atoms with Gasteiger partial charge in [-0.15, -0.1) is 0 Å². The van der Waals surface area contributed by atoms with Crippen molar-refractivity contribution in [1.29, 1.82) is 0 Å². The first-order chi connectivity index (χ1) is 15.8. The molecule has 184 valence electrons. The zero-order valence-corrected chi connectivity index (χ0v) is 20.6. The predicted octanol–water partition coefficient (Wildman–Crippen LogP) is 3.76. The van der Waals surface area contributed by atoms with Gasteiger partial charge in [0.2, 0.25) is 5.91 Å². The van der Waals surface area contributed by atoms with Crippen LogP contribution >= 0.6 is 0 Å². The van der Waals surface area contributed by atoms with Gasteiger partial charge in [-0.1, -0.05) is 6.07 Å². The number of hydrogen-bond donors (Lipinski definition) is 3. The zero-order chi connectivity index (χ0) is 25.6. The number of benzene rings is 2. The highest BCUT2D eigenvalue weighted by Gasteiger charge is 2.32. The molecular weight excluding hydrogens is 438 g/mol. The third-order valence-corrected chi connectivity index (χ3v) is 4.98. The molecule has 0 radical (unpaired) electrons. The summed E-state index contributed by atoms with van der Waals surface area (Å²) in [6, 6.07) is 9.49. The van der Waals surface area contributed by atoms with Crippen molar-refractivity contribution in [2.75, 3.05) is 19.5 Å². The third kappa shape index (κ3) is 7.13. The van der Waals surface area contributed by atoms with Crippen LogP contribution in [0.15, 0.2) is 42.5 Å². The summed E-state index contributed by atoms with van der Waals surface area (Å²) < 4.78 is 10.4. The monoisotopic (exact) mass is 471 g/mol. The molecule has 3 N–H and O–H groups in total. The highest BCUT2D eigenvalue weighted by molar-refractivity contribution is 5.98. The van der Waals surface area contributed by atoms with E-state index in [1.807, 2.05) is 0 Å². The van der Waals surface area contributed by atoms with Gasteiger partial charge in [-0.2, -0.15) is 0 Å². The average Bonchev–Trinajstić information content (AvgIpc) is 2.74. The lowest BCUT2D eigenvalue weighted by molar-refractivity contribution is -0.138. The van der Waals surface area contributed by atoms with Crippen LogP contribution in [0.4, 0.5) is 10.5 Å². The van der Waals surface area contributed by atoms with Crippen molar-refractivity contribution in [3.63, 3.8) is 0 Å². The largest absolute Gasteiger partial charge is 0.508 e. The van der Waals surface area contributed by atoms with Gasteiger partial charge in [0, 0.05) is 12.7 Å². The Hall–Kier alpha value is -3.75. The smallest absolute Gasteiger partial charge is 0.408 e. The molecule has 0 saturated carbocycles. The van der Waals surface area contributed by atoms with Gasteiger partial charge in [0.15, 0.2) is 0 Å². The molecule has 0 aliphatic heterocycles. The summed E-state index contributed by atoms with van der Waals surface area (Å²) in [5, 5.41) is 15.2. The minimum atomic E-state index is -1.03.